The molecule has 0 atom stereocenters. The van der Waals surface area contributed by atoms with Crippen LogP contribution in [0.4, 0.5) is 5.88 Å². The number of nitrogens with two attached hydrogens (primary N) is 1. The molecule has 1 heterocycles. The smallest absolute Gasteiger partial charge is 0.230 e. The zero-order valence-corrected chi connectivity index (χ0v) is 11.2. The quantitative estimate of drug-likeness (QED) is 0.858. The molecule has 0 aliphatic heterocycles. The summed E-state index contributed by atoms with van der Waals surface area (Å²) in [5, 5.41) is 3.67. The van der Waals surface area contributed by atoms with Crippen molar-refractivity contribution in [3.63, 3.8) is 0 Å². The Morgan fingerprint density at radius 1 is 1.17 bits per heavy atom. The molecular weight excluding hydrogens is 252 g/mol. The van der Waals surface area contributed by atoms with Crippen molar-refractivity contribution in [3.05, 3.63) is 18.3 Å². The molecule has 2 rings (SSSR count). The Labute approximate surface area is 109 Å². The Balaban J connectivity index is 2.62. The Kier molecular flexibility index (Phi) is 3.66. The second-order valence-corrected chi connectivity index (χ2v) is 4.36. The highest BCUT2D eigenvalue weighted by atomic mass is 32.2. The van der Waals surface area contributed by atoms with Gasteiger partial charge in [0, 0.05) is 5.56 Å². The van der Waals surface area contributed by atoms with E-state index in [9.17, 15) is 0 Å². The van der Waals surface area contributed by atoms with Crippen molar-refractivity contribution in [2.24, 2.45) is 0 Å². The topological polar surface area (TPSA) is 70.5 Å². The lowest BCUT2D eigenvalue weighted by Crippen LogP contribution is -1.94. The Morgan fingerprint density at radius 2 is 1.89 bits per heavy atom. The molecule has 0 saturated carbocycles. The number of aromatic nitrogens is 1. The van der Waals surface area contributed by atoms with Gasteiger partial charge in [-0.1, -0.05) is 5.16 Å². The van der Waals surface area contributed by atoms with Gasteiger partial charge in [0.05, 0.1) is 30.9 Å². The minimum atomic E-state index is 0.257. The summed E-state index contributed by atoms with van der Waals surface area (Å²) in [7, 11) is 3.24. The van der Waals surface area contributed by atoms with Crippen molar-refractivity contribution in [2.45, 2.75) is 4.90 Å². The average Bonchev–Trinajstić information content (AvgIpc) is 2.83. The number of nitrogen functional groups attached to an aromatic ring is 1. The third kappa shape index (κ3) is 2.11. The third-order valence-corrected chi connectivity index (χ3v) is 3.35. The molecular formula is C12H14N2O3S. The zero-order valence-electron chi connectivity index (χ0n) is 10.4. The second kappa shape index (κ2) is 5.22. The Bertz CT molecular complexity index is 554. The van der Waals surface area contributed by atoms with E-state index in [4.69, 9.17) is 19.7 Å². The highest BCUT2D eigenvalue weighted by Crippen LogP contribution is 2.41. The van der Waals surface area contributed by atoms with Crippen LogP contribution in [0.25, 0.3) is 11.1 Å². The first-order valence-corrected chi connectivity index (χ1v) is 6.44. The number of ether oxygens (including phenoxy) is 2. The van der Waals surface area contributed by atoms with Crippen LogP contribution in [-0.4, -0.2) is 25.6 Å². The van der Waals surface area contributed by atoms with Crippen LogP contribution in [-0.2, 0) is 0 Å². The van der Waals surface area contributed by atoms with Crippen molar-refractivity contribution in [1.82, 2.24) is 5.16 Å². The van der Waals surface area contributed by atoms with Crippen LogP contribution in [0, 0.1) is 0 Å². The summed E-state index contributed by atoms with van der Waals surface area (Å²) in [5.74, 6) is 1.72. The largest absolute Gasteiger partial charge is 0.496 e. The van der Waals surface area contributed by atoms with E-state index in [0.29, 0.717) is 11.3 Å². The van der Waals surface area contributed by atoms with Crippen molar-refractivity contribution >= 4 is 17.6 Å². The Hall–Kier alpha value is -1.82. The lowest BCUT2D eigenvalue weighted by atomic mass is 10.1. The predicted octanol–water partition coefficient (Wildman–Crippen LogP) is 2.66. The van der Waals surface area contributed by atoms with Crippen LogP contribution in [0.2, 0.25) is 0 Å². The van der Waals surface area contributed by atoms with Crippen LogP contribution in [0.3, 0.4) is 0 Å². The number of thioether (sulfide) groups is 1. The summed E-state index contributed by atoms with van der Waals surface area (Å²) in [6, 6.07) is 3.78. The molecule has 0 aliphatic rings. The van der Waals surface area contributed by atoms with Crippen molar-refractivity contribution in [2.75, 3.05) is 26.2 Å². The molecule has 0 aliphatic carbocycles. The molecule has 2 aromatic rings. The minimum Gasteiger partial charge on any atom is -0.496 e. The lowest BCUT2D eigenvalue weighted by Gasteiger charge is -2.12. The number of benzene rings is 1. The molecule has 0 amide bonds. The van der Waals surface area contributed by atoms with Crippen molar-refractivity contribution in [1.29, 1.82) is 0 Å². The van der Waals surface area contributed by atoms with Crippen LogP contribution in [0.5, 0.6) is 11.5 Å². The SMILES string of the molecule is COc1cc(-c2cnoc2N)c(OC)cc1SC. The maximum atomic E-state index is 5.73. The fraction of sp³-hybridized carbons (Fsp3) is 0.250. The van der Waals surface area contributed by atoms with Gasteiger partial charge in [0.1, 0.15) is 11.5 Å². The van der Waals surface area contributed by atoms with Gasteiger partial charge in [-0.3, -0.25) is 0 Å². The normalized spacial score (nSPS) is 10.4. The zero-order chi connectivity index (χ0) is 13.1. The average molecular weight is 266 g/mol. The van der Waals surface area contributed by atoms with Gasteiger partial charge in [-0.05, 0) is 18.4 Å². The van der Waals surface area contributed by atoms with Crippen molar-refractivity contribution in [3.8, 4) is 22.6 Å². The van der Waals surface area contributed by atoms with E-state index in [0.717, 1.165) is 16.2 Å². The summed E-state index contributed by atoms with van der Waals surface area (Å²) in [4.78, 5) is 0.994. The molecule has 1 aromatic heterocycles. The van der Waals surface area contributed by atoms with E-state index in [-0.39, 0.29) is 5.88 Å². The number of anilines is 1. The fourth-order valence-electron chi connectivity index (χ4n) is 1.69. The van der Waals surface area contributed by atoms with Gasteiger partial charge in [0.25, 0.3) is 0 Å². The fourth-order valence-corrected chi connectivity index (χ4v) is 2.26. The summed E-state index contributed by atoms with van der Waals surface area (Å²) in [6.07, 6.45) is 3.54. The van der Waals surface area contributed by atoms with Gasteiger partial charge >= 0.3 is 0 Å². The number of rotatable bonds is 4. The van der Waals surface area contributed by atoms with E-state index in [1.54, 1.807) is 32.2 Å². The van der Waals surface area contributed by atoms with Gasteiger partial charge in [0.2, 0.25) is 5.88 Å². The number of hydrogen-bond acceptors (Lipinski definition) is 6. The molecule has 6 heteroatoms. The molecule has 2 N–H and O–H groups in total. The van der Waals surface area contributed by atoms with Gasteiger partial charge < -0.3 is 19.7 Å². The van der Waals surface area contributed by atoms with E-state index >= 15 is 0 Å². The van der Waals surface area contributed by atoms with Gasteiger partial charge in [-0.2, -0.15) is 0 Å². The highest BCUT2D eigenvalue weighted by molar-refractivity contribution is 7.98. The first-order chi connectivity index (χ1) is 8.71. The van der Waals surface area contributed by atoms with Crippen LogP contribution in [0.15, 0.2) is 27.7 Å². The van der Waals surface area contributed by atoms with E-state index in [2.05, 4.69) is 5.16 Å². The molecule has 0 spiro atoms. The molecule has 5 nitrogen and oxygen atoms in total. The highest BCUT2D eigenvalue weighted by Gasteiger charge is 2.16. The van der Waals surface area contributed by atoms with E-state index in [1.807, 2.05) is 18.4 Å². The number of hydrogen-bond donors (Lipinski definition) is 1. The molecule has 0 unspecified atom stereocenters. The van der Waals surface area contributed by atoms with E-state index < -0.39 is 0 Å². The monoisotopic (exact) mass is 266 g/mol. The minimum absolute atomic E-state index is 0.257. The maximum Gasteiger partial charge on any atom is 0.230 e. The van der Waals surface area contributed by atoms with Crippen LogP contribution in [0.1, 0.15) is 0 Å². The second-order valence-electron chi connectivity index (χ2n) is 3.51. The van der Waals surface area contributed by atoms with Gasteiger partial charge in [-0.25, -0.2) is 0 Å². The van der Waals surface area contributed by atoms with Gasteiger partial charge in [0.15, 0.2) is 0 Å². The molecule has 1 aromatic carbocycles. The summed E-state index contributed by atoms with van der Waals surface area (Å²) in [5.41, 5.74) is 7.22. The third-order valence-electron chi connectivity index (χ3n) is 2.59. The lowest BCUT2D eigenvalue weighted by molar-refractivity contribution is 0.395. The molecule has 18 heavy (non-hydrogen) atoms. The first kappa shape index (κ1) is 12.6. The molecule has 96 valence electrons. The summed E-state index contributed by atoms with van der Waals surface area (Å²) >= 11 is 1.58. The maximum absolute atomic E-state index is 5.73. The molecule has 0 bridgehead atoms. The molecule has 0 fully saturated rings. The predicted molar refractivity (Wildman–Crippen MR) is 71.2 cm³/mol. The first-order valence-electron chi connectivity index (χ1n) is 5.21. The number of nitrogens with zero attached hydrogens (tertiary/aromatic N) is 1. The summed E-state index contributed by atoms with van der Waals surface area (Å²) < 4.78 is 15.6. The van der Waals surface area contributed by atoms with Crippen LogP contribution < -0.4 is 15.2 Å². The van der Waals surface area contributed by atoms with Crippen molar-refractivity contribution < 1.29 is 14.0 Å². The van der Waals surface area contributed by atoms with Crippen LogP contribution >= 0.6 is 11.8 Å². The van der Waals surface area contributed by atoms with Gasteiger partial charge in [-0.15, -0.1) is 11.8 Å². The Morgan fingerprint density at radius 3 is 2.39 bits per heavy atom. The molecule has 0 saturated heterocycles. The number of methoxy groups -OCH3 is 2. The summed E-state index contributed by atoms with van der Waals surface area (Å²) in [6.45, 7) is 0. The van der Waals surface area contributed by atoms with E-state index in [1.165, 1.54) is 0 Å². The molecule has 0 radical (unpaired) electrons. The standard InChI is InChI=1S/C12H14N2O3S/c1-15-9-5-11(18-3)10(16-2)4-7(9)8-6-14-17-12(8)13/h4-6H,13H2,1-3H3.